The van der Waals surface area contributed by atoms with Crippen molar-refractivity contribution < 1.29 is 9.18 Å². The van der Waals surface area contributed by atoms with E-state index in [0.29, 0.717) is 18.3 Å². The van der Waals surface area contributed by atoms with E-state index in [1.165, 1.54) is 31.7 Å². The summed E-state index contributed by atoms with van der Waals surface area (Å²) in [6, 6.07) is 12.8. The Kier molecular flexibility index (Phi) is 7.11. The monoisotopic (exact) mass is 409 g/mol. The number of carbonyl (C=O) groups excluding carboxylic acids is 1. The lowest BCUT2D eigenvalue weighted by atomic mass is 9.86. The van der Waals surface area contributed by atoms with Gasteiger partial charge in [0.05, 0.1) is 11.7 Å². The highest BCUT2D eigenvalue weighted by Gasteiger charge is 2.30. The largest absolute Gasteiger partial charge is 0.347 e. The number of aromatic nitrogens is 1. The number of piperidine rings is 1. The Morgan fingerprint density at radius 1 is 1.10 bits per heavy atom. The molecular formula is C25H32FN3O. The molecule has 1 N–H and O–H groups in total. The van der Waals surface area contributed by atoms with Gasteiger partial charge in [0.15, 0.2) is 0 Å². The highest BCUT2D eigenvalue weighted by Crippen LogP contribution is 2.32. The van der Waals surface area contributed by atoms with Gasteiger partial charge in [-0.15, -0.1) is 0 Å². The minimum absolute atomic E-state index is 0.0311. The number of carbonyl (C=O) groups is 1. The number of rotatable bonds is 7. The maximum Gasteiger partial charge on any atom is 0.220 e. The molecule has 2 heterocycles. The van der Waals surface area contributed by atoms with Crippen molar-refractivity contribution in [2.24, 2.45) is 11.8 Å². The highest BCUT2D eigenvalue weighted by molar-refractivity contribution is 5.76. The number of benzene rings is 1. The minimum Gasteiger partial charge on any atom is -0.347 e. The highest BCUT2D eigenvalue weighted by atomic mass is 19.1. The zero-order valence-corrected chi connectivity index (χ0v) is 17.6. The fourth-order valence-electron chi connectivity index (χ4n) is 5.04. The average Bonchev–Trinajstić information content (AvgIpc) is 3.26. The molecule has 1 aromatic carbocycles. The van der Waals surface area contributed by atoms with Crippen LogP contribution in [-0.2, 0) is 11.3 Å². The molecule has 1 aliphatic heterocycles. The van der Waals surface area contributed by atoms with Gasteiger partial charge in [-0.25, -0.2) is 4.39 Å². The molecule has 0 bridgehead atoms. The van der Waals surface area contributed by atoms with Crippen molar-refractivity contribution in [3.05, 3.63) is 65.7 Å². The van der Waals surface area contributed by atoms with Crippen molar-refractivity contribution in [2.45, 2.75) is 57.5 Å². The lowest BCUT2D eigenvalue weighted by molar-refractivity contribution is -0.123. The Morgan fingerprint density at radius 3 is 2.60 bits per heavy atom. The second-order valence-corrected chi connectivity index (χ2v) is 8.90. The number of likely N-dealkylation sites (tertiary alicyclic amines) is 1. The van der Waals surface area contributed by atoms with Gasteiger partial charge in [-0.1, -0.05) is 31.0 Å². The second-order valence-electron chi connectivity index (χ2n) is 8.90. The van der Waals surface area contributed by atoms with Gasteiger partial charge in [0.1, 0.15) is 5.82 Å². The fraction of sp³-hybridized carbons (Fsp3) is 0.520. The topological polar surface area (TPSA) is 45.2 Å². The van der Waals surface area contributed by atoms with Gasteiger partial charge in [-0.2, -0.15) is 0 Å². The van der Waals surface area contributed by atoms with Gasteiger partial charge in [-0.05, 0) is 80.4 Å². The number of amides is 1. The maximum absolute atomic E-state index is 13.5. The van der Waals surface area contributed by atoms with Gasteiger partial charge in [0.2, 0.25) is 5.91 Å². The first-order chi connectivity index (χ1) is 14.7. The Hall–Kier alpha value is -2.27. The van der Waals surface area contributed by atoms with Crippen LogP contribution in [0.25, 0.3) is 0 Å². The van der Waals surface area contributed by atoms with Crippen molar-refractivity contribution in [1.29, 1.82) is 0 Å². The Labute approximate surface area is 178 Å². The molecule has 2 aliphatic rings. The Bertz CT molecular complexity index is 814. The number of halogens is 1. The first kappa shape index (κ1) is 21.0. The standard InChI is InChI=1S/C25H32FN3O/c26-22-9-5-8-20(16-22)18-29-14-11-21(12-15-29)25(23-10-3-4-13-27-23)28-24(30)17-19-6-1-2-7-19/h3-5,8-10,13,16,19,21,25H,1-2,6-7,11-12,14-15,17-18H2,(H,28,30). The Morgan fingerprint density at radius 2 is 1.90 bits per heavy atom. The predicted molar refractivity (Wildman–Crippen MR) is 116 cm³/mol. The molecule has 0 radical (unpaired) electrons. The quantitative estimate of drug-likeness (QED) is 0.710. The summed E-state index contributed by atoms with van der Waals surface area (Å²) in [5, 5.41) is 3.33. The molecule has 30 heavy (non-hydrogen) atoms. The summed E-state index contributed by atoms with van der Waals surface area (Å²) in [4.78, 5) is 19.7. The van der Waals surface area contributed by atoms with E-state index in [9.17, 15) is 9.18 Å². The van der Waals surface area contributed by atoms with Crippen LogP contribution in [0.5, 0.6) is 0 Å². The molecule has 5 heteroatoms. The van der Waals surface area contributed by atoms with Crippen molar-refractivity contribution in [2.75, 3.05) is 13.1 Å². The molecule has 0 spiro atoms. The lowest BCUT2D eigenvalue weighted by Crippen LogP contribution is -2.41. The van der Waals surface area contributed by atoms with Gasteiger partial charge < -0.3 is 5.32 Å². The molecule has 1 atom stereocenters. The number of hydrogen-bond donors (Lipinski definition) is 1. The van der Waals surface area contributed by atoms with Crippen LogP contribution < -0.4 is 5.32 Å². The molecule has 4 rings (SSSR count). The summed E-state index contributed by atoms with van der Waals surface area (Å²) in [6.45, 7) is 2.67. The maximum atomic E-state index is 13.5. The molecule has 1 aliphatic carbocycles. The van der Waals surface area contributed by atoms with Crippen LogP contribution in [0.4, 0.5) is 4.39 Å². The third-order valence-electron chi connectivity index (χ3n) is 6.67. The normalized spacial score (nSPS) is 19.6. The van der Waals surface area contributed by atoms with Gasteiger partial charge in [0, 0.05) is 19.2 Å². The summed E-state index contributed by atoms with van der Waals surface area (Å²) < 4.78 is 13.5. The number of nitrogens with zero attached hydrogens (tertiary/aromatic N) is 2. The van der Waals surface area contributed by atoms with E-state index in [1.807, 2.05) is 30.5 Å². The van der Waals surface area contributed by atoms with Crippen LogP contribution in [0.3, 0.4) is 0 Å². The van der Waals surface area contributed by atoms with Crippen LogP contribution in [0.15, 0.2) is 48.7 Å². The molecule has 1 amide bonds. The molecule has 4 nitrogen and oxygen atoms in total. The van der Waals surface area contributed by atoms with E-state index in [0.717, 1.165) is 43.7 Å². The predicted octanol–water partition coefficient (Wildman–Crippen LogP) is 4.87. The van der Waals surface area contributed by atoms with Crippen LogP contribution in [0.1, 0.15) is 62.2 Å². The summed E-state index contributed by atoms with van der Waals surface area (Å²) in [5.41, 5.74) is 1.97. The van der Waals surface area contributed by atoms with E-state index < -0.39 is 0 Å². The van der Waals surface area contributed by atoms with Crippen molar-refractivity contribution in [3.63, 3.8) is 0 Å². The zero-order valence-electron chi connectivity index (χ0n) is 17.6. The lowest BCUT2D eigenvalue weighted by Gasteiger charge is -2.36. The van der Waals surface area contributed by atoms with E-state index in [2.05, 4.69) is 15.2 Å². The second kappa shape index (κ2) is 10.2. The SMILES string of the molecule is O=C(CC1CCCC1)NC(c1ccccn1)C1CCN(Cc2cccc(F)c2)CC1. The van der Waals surface area contributed by atoms with Gasteiger partial charge in [-0.3, -0.25) is 14.7 Å². The van der Waals surface area contributed by atoms with Crippen LogP contribution in [0.2, 0.25) is 0 Å². The Balaban J connectivity index is 1.37. The van der Waals surface area contributed by atoms with Gasteiger partial charge >= 0.3 is 0 Å². The number of hydrogen-bond acceptors (Lipinski definition) is 3. The minimum atomic E-state index is -0.178. The third-order valence-corrected chi connectivity index (χ3v) is 6.67. The summed E-state index contributed by atoms with van der Waals surface area (Å²) in [6.07, 6.45) is 9.32. The van der Waals surface area contributed by atoms with Crippen molar-refractivity contribution in [3.8, 4) is 0 Å². The van der Waals surface area contributed by atoms with Crippen molar-refractivity contribution in [1.82, 2.24) is 15.2 Å². The third kappa shape index (κ3) is 5.66. The van der Waals surface area contributed by atoms with Crippen LogP contribution >= 0.6 is 0 Å². The van der Waals surface area contributed by atoms with Crippen LogP contribution in [0, 0.1) is 17.7 Å². The molecule has 1 saturated heterocycles. The molecule has 2 aromatic rings. The average molecular weight is 410 g/mol. The molecule has 2 fully saturated rings. The number of nitrogens with one attached hydrogen (secondary N) is 1. The van der Waals surface area contributed by atoms with E-state index in [1.54, 1.807) is 12.1 Å². The first-order valence-corrected chi connectivity index (χ1v) is 11.3. The van der Waals surface area contributed by atoms with Crippen LogP contribution in [-0.4, -0.2) is 28.9 Å². The molecule has 1 aromatic heterocycles. The number of pyridine rings is 1. The first-order valence-electron chi connectivity index (χ1n) is 11.3. The molecule has 160 valence electrons. The molecular weight excluding hydrogens is 377 g/mol. The van der Waals surface area contributed by atoms with E-state index in [4.69, 9.17) is 0 Å². The molecule has 1 unspecified atom stereocenters. The summed E-state index contributed by atoms with van der Waals surface area (Å²) in [5.74, 6) is 0.904. The van der Waals surface area contributed by atoms with E-state index >= 15 is 0 Å². The van der Waals surface area contributed by atoms with E-state index in [-0.39, 0.29) is 17.8 Å². The summed E-state index contributed by atoms with van der Waals surface area (Å²) in [7, 11) is 0. The summed E-state index contributed by atoms with van der Waals surface area (Å²) >= 11 is 0. The fourth-order valence-corrected chi connectivity index (χ4v) is 5.04. The zero-order chi connectivity index (χ0) is 20.8. The van der Waals surface area contributed by atoms with Gasteiger partial charge in [0.25, 0.3) is 0 Å². The smallest absolute Gasteiger partial charge is 0.220 e. The molecule has 1 saturated carbocycles. The van der Waals surface area contributed by atoms with Crippen molar-refractivity contribution >= 4 is 5.91 Å².